The summed E-state index contributed by atoms with van der Waals surface area (Å²) in [5.74, 6) is 0.353. The van der Waals surface area contributed by atoms with Crippen LogP contribution in [0.1, 0.15) is 6.92 Å². The number of hydrogen-bond acceptors (Lipinski definition) is 3. The molecule has 3 N–H and O–H groups in total. The van der Waals surface area contributed by atoms with Gasteiger partial charge in [-0.05, 0) is 18.2 Å². The van der Waals surface area contributed by atoms with Crippen molar-refractivity contribution < 1.29 is 9.59 Å². The molecule has 1 aliphatic rings. The van der Waals surface area contributed by atoms with Crippen LogP contribution in [0.15, 0.2) is 35.3 Å². The van der Waals surface area contributed by atoms with Gasteiger partial charge in [0.05, 0.1) is 5.69 Å². The normalized spacial score (nSPS) is 14.4. The minimum absolute atomic E-state index is 0.0617. The van der Waals surface area contributed by atoms with Crippen LogP contribution in [0, 0.1) is 5.92 Å². The third-order valence-corrected chi connectivity index (χ3v) is 4.02. The Morgan fingerprint density at radius 1 is 1.26 bits per heavy atom. The van der Waals surface area contributed by atoms with Gasteiger partial charge in [0.25, 0.3) is 5.56 Å². The Morgan fingerprint density at radius 3 is 2.78 bits per heavy atom. The number of hydrogen-bond donors (Lipinski definition) is 3. The summed E-state index contributed by atoms with van der Waals surface area (Å²) >= 11 is 0. The number of anilines is 1. The molecule has 0 saturated carbocycles. The Morgan fingerprint density at radius 2 is 2.04 bits per heavy atom. The number of H-pyrrole nitrogens is 1. The molecule has 0 aliphatic carbocycles. The first kappa shape index (κ1) is 15.1. The lowest BCUT2D eigenvalue weighted by Crippen LogP contribution is -2.53. The maximum absolute atomic E-state index is 12.0. The second-order valence-corrected chi connectivity index (χ2v) is 5.70. The van der Waals surface area contributed by atoms with E-state index in [2.05, 4.69) is 15.6 Å². The van der Waals surface area contributed by atoms with E-state index in [9.17, 15) is 14.4 Å². The number of nitrogens with one attached hydrogen (secondary N) is 3. The Hall–Kier alpha value is -2.83. The SMILES string of the molecule is CC(=O)N1CC(CNC(=O)Nc2cccc3c(=O)[nH]ccc23)C1. The quantitative estimate of drug-likeness (QED) is 0.792. The van der Waals surface area contributed by atoms with Crippen molar-refractivity contribution in [3.63, 3.8) is 0 Å². The average Bonchev–Trinajstić information content (AvgIpc) is 2.46. The molecule has 1 aliphatic heterocycles. The smallest absolute Gasteiger partial charge is 0.319 e. The van der Waals surface area contributed by atoms with E-state index in [4.69, 9.17) is 0 Å². The van der Waals surface area contributed by atoms with Gasteiger partial charge in [-0.15, -0.1) is 0 Å². The molecule has 0 bridgehead atoms. The van der Waals surface area contributed by atoms with E-state index in [0.29, 0.717) is 42.0 Å². The Labute approximate surface area is 132 Å². The van der Waals surface area contributed by atoms with Crippen molar-refractivity contribution in [3.8, 4) is 0 Å². The van der Waals surface area contributed by atoms with Crippen LogP contribution in [-0.4, -0.2) is 41.5 Å². The van der Waals surface area contributed by atoms with Crippen molar-refractivity contribution in [1.82, 2.24) is 15.2 Å². The van der Waals surface area contributed by atoms with Gasteiger partial charge in [0, 0.05) is 49.4 Å². The molecule has 2 heterocycles. The molecule has 3 rings (SSSR count). The lowest BCUT2D eigenvalue weighted by atomic mass is 10.0. The summed E-state index contributed by atoms with van der Waals surface area (Å²) < 4.78 is 0. The topological polar surface area (TPSA) is 94.3 Å². The monoisotopic (exact) mass is 314 g/mol. The molecule has 0 atom stereocenters. The highest BCUT2D eigenvalue weighted by Crippen LogP contribution is 2.20. The van der Waals surface area contributed by atoms with Gasteiger partial charge in [-0.2, -0.15) is 0 Å². The van der Waals surface area contributed by atoms with E-state index in [0.717, 1.165) is 0 Å². The largest absolute Gasteiger partial charge is 0.342 e. The van der Waals surface area contributed by atoms with Gasteiger partial charge in [0.15, 0.2) is 0 Å². The molecule has 7 heteroatoms. The molecule has 7 nitrogen and oxygen atoms in total. The number of pyridine rings is 1. The van der Waals surface area contributed by atoms with Crippen LogP contribution in [0.4, 0.5) is 10.5 Å². The van der Waals surface area contributed by atoms with E-state index in [1.54, 1.807) is 42.3 Å². The van der Waals surface area contributed by atoms with Crippen LogP contribution < -0.4 is 16.2 Å². The minimum atomic E-state index is -0.320. The molecule has 1 aromatic heterocycles. The average molecular weight is 314 g/mol. The van der Waals surface area contributed by atoms with Crippen molar-refractivity contribution >= 4 is 28.4 Å². The maximum atomic E-state index is 12.0. The fraction of sp³-hybridized carbons (Fsp3) is 0.312. The summed E-state index contributed by atoms with van der Waals surface area (Å²) in [5, 5.41) is 6.79. The number of rotatable bonds is 3. The summed E-state index contributed by atoms with van der Waals surface area (Å²) in [6.45, 7) is 3.41. The van der Waals surface area contributed by atoms with E-state index < -0.39 is 0 Å². The maximum Gasteiger partial charge on any atom is 0.319 e. The molecule has 1 saturated heterocycles. The highest BCUT2D eigenvalue weighted by Gasteiger charge is 2.28. The number of fused-ring (bicyclic) bond motifs is 1. The Kier molecular flexibility index (Phi) is 4.01. The molecular formula is C16H18N4O3. The van der Waals surface area contributed by atoms with Gasteiger partial charge in [-0.1, -0.05) is 6.07 Å². The van der Waals surface area contributed by atoms with Crippen LogP contribution in [0.2, 0.25) is 0 Å². The van der Waals surface area contributed by atoms with E-state index in [-0.39, 0.29) is 17.5 Å². The van der Waals surface area contributed by atoms with Gasteiger partial charge in [-0.3, -0.25) is 9.59 Å². The minimum Gasteiger partial charge on any atom is -0.342 e. The summed E-state index contributed by atoms with van der Waals surface area (Å²) in [6.07, 6.45) is 1.55. The molecule has 1 aromatic carbocycles. The number of carbonyl (C=O) groups excluding carboxylic acids is 2. The summed E-state index contributed by atoms with van der Waals surface area (Å²) in [4.78, 5) is 39.2. The van der Waals surface area contributed by atoms with Crippen LogP contribution in [0.3, 0.4) is 0 Å². The standard InChI is InChI=1S/C16H18N4O3/c1-10(21)20-8-11(9-20)7-18-16(23)19-14-4-2-3-13-12(14)5-6-17-15(13)22/h2-6,11H,7-9H2,1H3,(H,17,22)(H2,18,19,23). The molecule has 0 radical (unpaired) electrons. The van der Waals surface area contributed by atoms with Crippen LogP contribution in [-0.2, 0) is 4.79 Å². The van der Waals surface area contributed by atoms with Crippen molar-refractivity contribution in [1.29, 1.82) is 0 Å². The first-order chi connectivity index (χ1) is 11.0. The number of aromatic amines is 1. The number of benzene rings is 1. The molecule has 3 amide bonds. The second-order valence-electron chi connectivity index (χ2n) is 5.70. The summed E-state index contributed by atoms with van der Waals surface area (Å²) in [5.41, 5.74) is 0.399. The summed E-state index contributed by atoms with van der Waals surface area (Å²) in [7, 11) is 0. The number of amides is 3. The lowest BCUT2D eigenvalue weighted by Gasteiger charge is -2.38. The van der Waals surface area contributed by atoms with Gasteiger partial charge in [-0.25, -0.2) is 4.79 Å². The molecule has 0 unspecified atom stereocenters. The van der Waals surface area contributed by atoms with Gasteiger partial charge >= 0.3 is 6.03 Å². The van der Waals surface area contributed by atoms with Crippen LogP contribution in [0.25, 0.3) is 10.8 Å². The predicted octanol–water partition coefficient (Wildman–Crippen LogP) is 1.13. The zero-order valence-corrected chi connectivity index (χ0v) is 12.8. The van der Waals surface area contributed by atoms with E-state index >= 15 is 0 Å². The van der Waals surface area contributed by atoms with Gasteiger partial charge < -0.3 is 20.5 Å². The highest BCUT2D eigenvalue weighted by atomic mass is 16.2. The first-order valence-electron chi connectivity index (χ1n) is 7.45. The summed E-state index contributed by atoms with van der Waals surface area (Å²) in [6, 6.07) is 6.62. The zero-order chi connectivity index (χ0) is 16.4. The molecule has 1 fully saturated rings. The lowest BCUT2D eigenvalue weighted by molar-refractivity contribution is -0.134. The van der Waals surface area contributed by atoms with Crippen molar-refractivity contribution in [2.24, 2.45) is 5.92 Å². The first-order valence-corrected chi connectivity index (χ1v) is 7.45. The van der Waals surface area contributed by atoms with Gasteiger partial charge in [0.1, 0.15) is 0 Å². The number of carbonyl (C=O) groups is 2. The second kappa shape index (κ2) is 6.12. The Bertz CT molecular complexity index is 808. The van der Waals surface area contributed by atoms with Crippen LogP contribution in [0.5, 0.6) is 0 Å². The number of aromatic nitrogens is 1. The molecule has 0 spiro atoms. The molecule has 23 heavy (non-hydrogen) atoms. The number of likely N-dealkylation sites (tertiary alicyclic amines) is 1. The third-order valence-electron chi connectivity index (χ3n) is 4.02. The van der Waals surface area contributed by atoms with E-state index in [1.807, 2.05) is 0 Å². The highest BCUT2D eigenvalue weighted by molar-refractivity contribution is 6.01. The van der Waals surface area contributed by atoms with Crippen molar-refractivity contribution in [3.05, 3.63) is 40.8 Å². The fourth-order valence-corrected chi connectivity index (χ4v) is 2.69. The van der Waals surface area contributed by atoms with Gasteiger partial charge in [0.2, 0.25) is 5.91 Å². The number of nitrogens with zero attached hydrogens (tertiary/aromatic N) is 1. The third kappa shape index (κ3) is 3.18. The molecular weight excluding hydrogens is 296 g/mol. The fourth-order valence-electron chi connectivity index (χ4n) is 2.69. The van der Waals surface area contributed by atoms with Crippen molar-refractivity contribution in [2.45, 2.75) is 6.92 Å². The predicted molar refractivity (Wildman–Crippen MR) is 87.3 cm³/mol. The zero-order valence-electron chi connectivity index (χ0n) is 12.8. The Balaban J connectivity index is 1.60. The van der Waals surface area contributed by atoms with Crippen molar-refractivity contribution in [2.75, 3.05) is 25.0 Å². The van der Waals surface area contributed by atoms with Crippen LogP contribution >= 0.6 is 0 Å². The number of urea groups is 1. The molecule has 2 aromatic rings. The molecule has 120 valence electrons. The van der Waals surface area contributed by atoms with E-state index in [1.165, 1.54) is 0 Å².